The van der Waals surface area contributed by atoms with Crippen molar-refractivity contribution in [1.82, 2.24) is 15.5 Å². The summed E-state index contributed by atoms with van der Waals surface area (Å²) >= 11 is 12.2. The summed E-state index contributed by atoms with van der Waals surface area (Å²) in [4.78, 5) is 11.7. The van der Waals surface area contributed by atoms with Gasteiger partial charge >= 0.3 is 0 Å². The molecule has 2 aromatic carbocycles. The highest BCUT2D eigenvalue weighted by Crippen LogP contribution is 2.35. The van der Waals surface area contributed by atoms with E-state index in [1.165, 1.54) is 6.07 Å². The quantitative estimate of drug-likeness (QED) is 0.476. The molecule has 2 heterocycles. The number of rotatable bonds is 5. The van der Waals surface area contributed by atoms with Crippen LogP contribution in [0.25, 0.3) is 11.3 Å². The van der Waals surface area contributed by atoms with Gasteiger partial charge in [-0.25, -0.2) is 8.42 Å². The number of halogens is 3. The number of benzene rings is 2. The Hall–Kier alpha value is -1.81. The maximum absolute atomic E-state index is 13.5. The van der Waals surface area contributed by atoms with E-state index < -0.39 is 15.9 Å². The molecule has 11 heteroatoms. The molecule has 0 unspecified atom stereocenters. The Morgan fingerprint density at radius 3 is 2.53 bits per heavy atom. The van der Waals surface area contributed by atoms with Crippen molar-refractivity contribution in [2.45, 2.75) is 11.0 Å². The number of ether oxygens (including phenoxy) is 1. The van der Waals surface area contributed by atoms with E-state index in [0.717, 1.165) is 5.56 Å². The standard InChI is InChI=1S/C21H21Cl2N3O4S.ClH/c22-16-6-5-13(9-17(16)23)21-14(11-24-7-8-30-21)12-31(28,29)19-4-2-1-3-15(19)18-10-20(27)26-25-18;/h1-6,9-10,14,21,24H,7-8,11-12H2,(H2,25,26,27);1H/t14-,21-;/m0./s1. The van der Waals surface area contributed by atoms with Gasteiger partial charge in [-0.15, -0.1) is 12.4 Å². The Morgan fingerprint density at radius 1 is 1.03 bits per heavy atom. The second kappa shape index (κ2) is 10.4. The topological polar surface area (TPSA) is 104 Å². The molecule has 1 saturated heterocycles. The van der Waals surface area contributed by atoms with Gasteiger partial charge in [-0.2, -0.15) is 0 Å². The lowest BCUT2D eigenvalue weighted by atomic mass is 9.97. The summed E-state index contributed by atoms with van der Waals surface area (Å²) in [5.74, 6) is -0.501. The van der Waals surface area contributed by atoms with Crippen LogP contribution in [0.1, 0.15) is 11.7 Å². The summed E-state index contributed by atoms with van der Waals surface area (Å²) in [7, 11) is -3.72. The first-order valence-corrected chi connectivity index (χ1v) is 12.1. The van der Waals surface area contributed by atoms with Gasteiger partial charge in [-0.1, -0.05) is 47.5 Å². The van der Waals surface area contributed by atoms with Crippen molar-refractivity contribution in [3.8, 4) is 11.3 Å². The van der Waals surface area contributed by atoms with Gasteiger partial charge in [0, 0.05) is 30.6 Å². The third-order valence-electron chi connectivity index (χ3n) is 5.22. The third-order valence-corrected chi connectivity index (χ3v) is 7.86. The van der Waals surface area contributed by atoms with Crippen molar-refractivity contribution in [3.63, 3.8) is 0 Å². The van der Waals surface area contributed by atoms with E-state index in [0.29, 0.717) is 41.0 Å². The second-order valence-corrected chi connectivity index (χ2v) is 10.2. The molecule has 0 spiro atoms. The number of H-pyrrole nitrogens is 2. The Balaban J connectivity index is 0.00000289. The fraction of sp³-hybridized carbons (Fsp3) is 0.286. The van der Waals surface area contributed by atoms with Crippen molar-refractivity contribution in [3.05, 3.63) is 74.5 Å². The minimum atomic E-state index is -3.72. The molecule has 0 bridgehead atoms. The number of hydrogen-bond acceptors (Lipinski definition) is 5. The fourth-order valence-corrected chi connectivity index (χ4v) is 5.94. The van der Waals surface area contributed by atoms with Crippen LogP contribution in [-0.2, 0) is 14.6 Å². The van der Waals surface area contributed by atoms with Crippen LogP contribution in [0.5, 0.6) is 0 Å². The van der Waals surface area contributed by atoms with Crippen LogP contribution >= 0.6 is 35.6 Å². The molecular formula is C21H22Cl3N3O4S. The van der Waals surface area contributed by atoms with Crippen molar-refractivity contribution < 1.29 is 13.2 Å². The first-order chi connectivity index (χ1) is 14.8. The van der Waals surface area contributed by atoms with E-state index in [4.69, 9.17) is 27.9 Å². The molecule has 7 nitrogen and oxygen atoms in total. The predicted molar refractivity (Wildman–Crippen MR) is 128 cm³/mol. The normalized spacial score (nSPS) is 19.2. The van der Waals surface area contributed by atoms with E-state index >= 15 is 0 Å². The van der Waals surface area contributed by atoms with E-state index in [1.54, 1.807) is 36.4 Å². The molecule has 4 rings (SSSR count). The van der Waals surface area contributed by atoms with Gasteiger partial charge < -0.3 is 10.1 Å². The van der Waals surface area contributed by atoms with Gasteiger partial charge in [0.05, 0.1) is 39.1 Å². The highest BCUT2D eigenvalue weighted by atomic mass is 35.5. The number of aromatic amines is 2. The largest absolute Gasteiger partial charge is 0.372 e. The van der Waals surface area contributed by atoms with E-state index in [-0.39, 0.29) is 34.5 Å². The average Bonchev–Trinajstić information content (AvgIpc) is 3.05. The van der Waals surface area contributed by atoms with Crippen LogP contribution in [0.4, 0.5) is 0 Å². The number of aromatic nitrogens is 2. The third kappa shape index (κ3) is 5.39. The molecule has 1 aromatic heterocycles. The molecular weight excluding hydrogens is 497 g/mol. The SMILES string of the molecule is Cl.O=c1cc(-c2ccccc2S(=O)(=O)C[C@@H]2CNCCO[C@H]2c2ccc(Cl)c(Cl)c2)[nH][nH]1. The van der Waals surface area contributed by atoms with Crippen molar-refractivity contribution in [1.29, 1.82) is 0 Å². The lowest BCUT2D eigenvalue weighted by Crippen LogP contribution is -2.30. The van der Waals surface area contributed by atoms with Gasteiger partial charge in [0.15, 0.2) is 9.84 Å². The Kier molecular flexibility index (Phi) is 8.08. The summed E-state index contributed by atoms with van der Waals surface area (Å²) < 4.78 is 33.0. The lowest BCUT2D eigenvalue weighted by molar-refractivity contribution is 0.0369. The Bertz CT molecular complexity index is 1240. The van der Waals surface area contributed by atoms with Crippen LogP contribution < -0.4 is 10.9 Å². The molecule has 32 heavy (non-hydrogen) atoms. The summed E-state index contributed by atoms with van der Waals surface area (Å²) in [6, 6.07) is 13.2. The highest BCUT2D eigenvalue weighted by Gasteiger charge is 2.32. The maximum Gasteiger partial charge on any atom is 0.264 e. The van der Waals surface area contributed by atoms with Crippen molar-refractivity contribution >= 4 is 45.4 Å². The fourth-order valence-electron chi connectivity index (χ4n) is 3.80. The zero-order chi connectivity index (χ0) is 22.0. The smallest absolute Gasteiger partial charge is 0.264 e. The van der Waals surface area contributed by atoms with Crippen LogP contribution in [0, 0.1) is 5.92 Å². The van der Waals surface area contributed by atoms with Gasteiger partial charge in [0.2, 0.25) is 0 Å². The summed E-state index contributed by atoms with van der Waals surface area (Å²) in [6.07, 6.45) is -0.459. The number of sulfone groups is 1. The lowest BCUT2D eigenvalue weighted by Gasteiger charge is -2.25. The molecule has 3 N–H and O–H groups in total. The van der Waals surface area contributed by atoms with Gasteiger partial charge in [-0.3, -0.25) is 15.0 Å². The summed E-state index contributed by atoms with van der Waals surface area (Å²) in [5, 5.41) is 9.24. The first-order valence-electron chi connectivity index (χ1n) is 9.72. The minimum absolute atomic E-state index is 0. The average molecular weight is 519 g/mol. The van der Waals surface area contributed by atoms with E-state index in [9.17, 15) is 13.2 Å². The van der Waals surface area contributed by atoms with Crippen LogP contribution in [0.2, 0.25) is 10.0 Å². The molecule has 0 amide bonds. The molecule has 3 aromatic rings. The Labute approximate surface area is 201 Å². The number of nitrogens with one attached hydrogen (secondary N) is 3. The summed E-state index contributed by atoms with van der Waals surface area (Å²) in [5.41, 5.74) is 1.31. The zero-order valence-electron chi connectivity index (χ0n) is 16.8. The molecule has 1 aliphatic heterocycles. The van der Waals surface area contributed by atoms with E-state index in [1.807, 2.05) is 6.07 Å². The van der Waals surface area contributed by atoms with Crippen LogP contribution in [0.15, 0.2) is 58.2 Å². The molecule has 1 aliphatic rings. The maximum atomic E-state index is 13.5. The molecule has 2 atom stereocenters. The van der Waals surface area contributed by atoms with Crippen LogP contribution in [0.3, 0.4) is 0 Å². The van der Waals surface area contributed by atoms with Crippen LogP contribution in [-0.4, -0.2) is 44.1 Å². The van der Waals surface area contributed by atoms with Crippen molar-refractivity contribution in [2.24, 2.45) is 5.92 Å². The predicted octanol–water partition coefficient (Wildman–Crippen LogP) is 3.85. The molecule has 0 saturated carbocycles. The Morgan fingerprint density at radius 2 is 1.81 bits per heavy atom. The molecule has 1 fully saturated rings. The zero-order valence-corrected chi connectivity index (χ0v) is 20.0. The first kappa shape index (κ1) is 24.8. The highest BCUT2D eigenvalue weighted by molar-refractivity contribution is 7.91. The molecule has 172 valence electrons. The minimum Gasteiger partial charge on any atom is -0.372 e. The van der Waals surface area contributed by atoms with Crippen molar-refractivity contribution in [2.75, 3.05) is 25.4 Å². The van der Waals surface area contributed by atoms with Gasteiger partial charge in [0.1, 0.15) is 0 Å². The number of hydrogen-bond donors (Lipinski definition) is 3. The summed E-state index contributed by atoms with van der Waals surface area (Å²) in [6.45, 7) is 1.53. The monoisotopic (exact) mass is 517 g/mol. The molecule has 0 radical (unpaired) electrons. The van der Waals surface area contributed by atoms with E-state index in [2.05, 4.69) is 15.5 Å². The van der Waals surface area contributed by atoms with Gasteiger partial charge in [0.25, 0.3) is 5.56 Å². The van der Waals surface area contributed by atoms with Gasteiger partial charge in [-0.05, 0) is 23.8 Å². The molecule has 0 aliphatic carbocycles. The second-order valence-electron chi connectivity index (χ2n) is 7.38.